The molecule has 0 unspecified atom stereocenters. The zero-order chi connectivity index (χ0) is 14.0. The van der Waals surface area contributed by atoms with Gasteiger partial charge in [0.05, 0.1) is 6.04 Å². The summed E-state index contributed by atoms with van der Waals surface area (Å²) in [6.07, 6.45) is 2.25. The minimum absolute atomic E-state index is 0.0384. The van der Waals surface area contributed by atoms with Crippen molar-refractivity contribution in [1.29, 1.82) is 0 Å². The highest BCUT2D eigenvalue weighted by Gasteiger charge is 2.29. The number of thiocarbonyl (C=S) groups is 1. The van der Waals surface area contributed by atoms with Gasteiger partial charge in [0.2, 0.25) is 0 Å². The molecule has 100 valence electrons. The van der Waals surface area contributed by atoms with Crippen LogP contribution >= 0.6 is 12.2 Å². The molecule has 1 aromatic carbocycles. The fourth-order valence-corrected chi connectivity index (χ4v) is 2.69. The van der Waals surface area contributed by atoms with Crippen LogP contribution < -0.4 is 5.32 Å². The van der Waals surface area contributed by atoms with Gasteiger partial charge in [0, 0.05) is 11.6 Å². The Morgan fingerprint density at radius 1 is 1.47 bits per heavy atom. The van der Waals surface area contributed by atoms with Crippen LogP contribution in [0.4, 0.5) is 0 Å². The van der Waals surface area contributed by atoms with Crippen LogP contribution in [0, 0.1) is 5.92 Å². The molecule has 0 amide bonds. The summed E-state index contributed by atoms with van der Waals surface area (Å²) in [5.74, 6) is -0.607. The van der Waals surface area contributed by atoms with E-state index < -0.39 is 5.97 Å². The number of aliphatic carboxylic acids is 1. The van der Waals surface area contributed by atoms with Gasteiger partial charge in [0.25, 0.3) is 0 Å². The molecule has 1 aliphatic rings. The quantitative estimate of drug-likeness (QED) is 0.658. The van der Waals surface area contributed by atoms with Crippen LogP contribution in [-0.4, -0.2) is 22.1 Å². The Hall–Kier alpha value is -1.68. The Balaban J connectivity index is 2.57. The third-order valence-electron chi connectivity index (χ3n) is 3.60. The van der Waals surface area contributed by atoms with E-state index in [1.807, 2.05) is 24.3 Å². The van der Waals surface area contributed by atoms with Gasteiger partial charge in [0.15, 0.2) is 0 Å². The van der Waals surface area contributed by atoms with Gasteiger partial charge in [0.1, 0.15) is 4.99 Å². The van der Waals surface area contributed by atoms with Gasteiger partial charge in [-0.25, -0.2) is 4.79 Å². The topological polar surface area (TPSA) is 49.3 Å². The minimum Gasteiger partial charge on any atom is -0.478 e. The first-order valence-electron chi connectivity index (χ1n) is 6.39. The van der Waals surface area contributed by atoms with E-state index in [9.17, 15) is 4.79 Å². The third kappa shape index (κ3) is 2.68. The zero-order valence-electron chi connectivity index (χ0n) is 11.0. The molecule has 0 bridgehead atoms. The van der Waals surface area contributed by atoms with Crippen LogP contribution in [-0.2, 0) is 4.79 Å². The molecule has 1 aliphatic heterocycles. The van der Waals surface area contributed by atoms with Crippen molar-refractivity contribution in [2.45, 2.75) is 26.3 Å². The highest BCUT2D eigenvalue weighted by Crippen LogP contribution is 2.31. The molecule has 1 heterocycles. The van der Waals surface area contributed by atoms with Crippen LogP contribution in [0.1, 0.15) is 31.4 Å². The summed E-state index contributed by atoms with van der Waals surface area (Å²) >= 11 is 5.39. The summed E-state index contributed by atoms with van der Waals surface area (Å²) in [5.41, 5.74) is 2.65. The largest absolute Gasteiger partial charge is 0.478 e. The van der Waals surface area contributed by atoms with Crippen molar-refractivity contribution in [3.63, 3.8) is 0 Å². The summed E-state index contributed by atoms with van der Waals surface area (Å²) in [4.78, 5) is 11.8. The lowest BCUT2D eigenvalue weighted by molar-refractivity contribution is -0.131. The van der Waals surface area contributed by atoms with Gasteiger partial charge in [-0.2, -0.15) is 0 Å². The number of hydrogen-bond acceptors (Lipinski definition) is 2. The average molecular weight is 275 g/mol. The summed E-state index contributed by atoms with van der Waals surface area (Å²) in [5, 5.41) is 12.4. The van der Waals surface area contributed by atoms with E-state index in [0.717, 1.165) is 23.1 Å². The van der Waals surface area contributed by atoms with Gasteiger partial charge in [-0.3, -0.25) is 0 Å². The van der Waals surface area contributed by atoms with Gasteiger partial charge in [-0.1, -0.05) is 56.8 Å². The lowest BCUT2D eigenvalue weighted by Gasteiger charge is -2.33. The van der Waals surface area contributed by atoms with Crippen molar-refractivity contribution >= 4 is 28.7 Å². The molecule has 0 radical (unpaired) electrons. The lowest BCUT2D eigenvalue weighted by Crippen LogP contribution is -2.43. The summed E-state index contributed by atoms with van der Waals surface area (Å²) in [6.45, 7) is 4.19. The molecule has 0 saturated heterocycles. The number of carboxylic acids is 1. The fraction of sp³-hybridized carbons (Fsp3) is 0.333. The van der Waals surface area contributed by atoms with E-state index in [2.05, 4.69) is 19.2 Å². The molecule has 1 aromatic rings. The Kier molecular flexibility index (Phi) is 4.00. The predicted octanol–water partition coefficient (Wildman–Crippen LogP) is 2.85. The van der Waals surface area contributed by atoms with E-state index in [1.54, 1.807) is 0 Å². The van der Waals surface area contributed by atoms with Crippen molar-refractivity contribution in [3.05, 3.63) is 41.5 Å². The van der Waals surface area contributed by atoms with Crippen molar-refractivity contribution in [2.24, 2.45) is 5.92 Å². The average Bonchev–Trinajstić information content (AvgIpc) is 2.40. The number of rotatable bonds is 3. The Morgan fingerprint density at radius 2 is 2.11 bits per heavy atom. The Morgan fingerprint density at radius 3 is 2.68 bits per heavy atom. The van der Waals surface area contributed by atoms with Gasteiger partial charge >= 0.3 is 5.97 Å². The number of fused-ring (bicyclic) bond motifs is 1. The molecular formula is C15H17NO2S. The van der Waals surface area contributed by atoms with Gasteiger partial charge < -0.3 is 10.4 Å². The second kappa shape index (κ2) is 5.53. The first-order chi connectivity index (χ1) is 9.04. The zero-order valence-corrected chi connectivity index (χ0v) is 11.8. The number of hydrogen-bond donors (Lipinski definition) is 2. The van der Waals surface area contributed by atoms with Crippen molar-refractivity contribution < 1.29 is 9.90 Å². The fourth-order valence-electron chi connectivity index (χ4n) is 2.38. The first kappa shape index (κ1) is 13.7. The molecule has 2 rings (SSSR count). The number of benzene rings is 1. The maximum Gasteiger partial charge on any atom is 0.328 e. The van der Waals surface area contributed by atoms with E-state index >= 15 is 0 Å². The number of carboxylic acid groups (broad SMARTS) is 1. The van der Waals surface area contributed by atoms with Crippen molar-refractivity contribution in [2.75, 3.05) is 0 Å². The SMILES string of the molecule is CC[C@H](C)[C@@H]1NC(=S)c2ccccc2/C1=C\C(=O)O. The summed E-state index contributed by atoms with van der Waals surface area (Å²) in [7, 11) is 0. The van der Waals surface area contributed by atoms with Crippen LogP contribution in [0.5, 0.6) is 0 Å². The second-order valence-electron chi connectivity index (χ2n) is 4.82. The Labute approximate surface area is 118 Å². The van der Waals surface area contributed by atoms with Crippen LogP contribution in [0.15, 0.2) is 30.3 Å². The molecule has 0 aliphatic carbocycles. The molecule has 0 aromatic heterocycles. The van der Waals surface area contributed by atoms with Gasteiger partial charge in [-0.15, -0.1) is 0 Å². The maximum absolute atomic E-state index is 11.1. The highest BCUT2D eigenvalue weighted by atomic mass is 32.1. The van der Waals surface area contributed by atoms with Gasteiger partial charge in [-0.05, 0) is 17.1 Å². The molecule has 19 heavy (non-hydrogen) atoms. The van der Waals surface area contributed by atoms with Crippen molar-refractivity contribution in [1.82, 2.24) is 5.32 Å². The van der Waals surface area contributed by atoms with Crippen LogP contribution in [0.3, 0.4) is 0 Å². The molecule has 0 fully saturated rings. The monoisotopic (exact) mass is 275 g/mol. The van der Waals surface area contributed by atoms with E-state index in [0.29, 0.717) is 10.9 Å². The molecule has 3 nitrogen and oxygen atoms in total. The van der Waals surface area contributed by atoms with E-state index in [1.165, 1.54) is 6.08 Å². The van der Waals surface area contributed by atoms with Crippen LogP contribution in [0.25, 0.3) is 5.57 Å². The van der Waals surface area contributed by atoms with Crippen LogP contribution in [0.2, 0.25) is 0 Å². The van der Waals surface area contributed by atoms with Crippen molar-refractivity contribution in [3.8, 4) is 0 Å². The Bertz CT molecular complexity index is 551. The predicted molar refractivity (Wildman–Crippen MR) is 80.1 cm³/mol. The minimum atomic E-state index is -0.923. The number of nitrogens with one attached hydrogen (secondary N) is 1. The summed E-state index contributed by atoms with van der Waals surface area (Å²) in [6, 6.07) is 7.65. The molecule has 2 atom stereocenters. The molecule has 4 heteroatoms. The molecular weight excluding hydrogens is 258 g/mol. The molecule has 2 N–H and O–H groups in total. The first-order valence-corrected chi connectivity index (χ1v) is 6.80. The normalized spacial score (nSPS) is 21.7. The van der Waals surface area contributed by atoms with E-state index in [-0.39, 0.29) is 6.04 Å². The lowest BCUT2D eigenvalue weighted by atomic mass is 9.83. The molecule has 0 spiro atoms. The number of carbonyl (C=O) groups is 1. The maximum atomic E-state index is 11.1. The standard InChI is InChI=1S/C15H17NO2S/c1-3-9(2)14-12(8-13(17)18)10-6-4-5-7-11(10)15(19)16-14/h4-9,14H,3H2,1-2H3,(H,16,19)(H,17,18)/b12-8+/t9-,14-/m0/s1. The van der Waals surface area contributed by atoms with E-state index in [4.69, 9.17) is 17.3 Å². The highest BCUT2D eigenvalue weighted by molar-refractivity contribution is 7.80. The molecule has 0 saturated carbocycles. The smallest absolute Gasteiger partial charge is 0.328 e. The second-order valence-corrected chi connectivity index (χ2v) is 5.23. The summed E-state index contributed by atoms with van der Waals surface area (Å²) < 4.78 is 0. The third-order valence-corrected chi connectivity index (χ3v) is 3.93.